The molecule has 156 valence electrons. The number of thiophene rings is 1. The highest BCUT2D eigenvalue weighted by Crippen LogP contribution is 2.29. The molecule has 7 nitrogen and oxygen atoms in total. The lowest BCUT2D eigenvalue weighted by atomic mass is 10.1. The Bertz CT molecular complexity index is 1300. The minimum Gasteiger partial charge on any atom is -0.322 e. The van der Waals surface area contributed by atoms with E-state index in [1.54, 1.807) is 47.8 Å². The van der Waals surface area contributed by atoms with E-state index in [1.165, 1.54) is 35.7 Å². The van der Waals surface area contributed by atoms with Gasteiger partial charge in [-0.15, -0.1) is 11.3 Å². The van der Waals surface area contributed by atoms with Crippen molar-refractivity contribution in [2.24, 2.45) is 0 Å². The van der Waals surface area contributed by atoms with Crippen LogP contribution in [0.25, 0.3) is 10.2 Å². The van der Waals surface area contributed by atoms with E-state index in [0.717, 1.165) is 10.2 Å². The van der Waals surface area contributed by atoms with Gasteiger partial charge in [0.15, 0.2) is 5.13 Å². The molecule has 2 heterocycles. The third-order valence-electron chi connectivity index (χ3n) is 4.15. The van der Waals surface area contributed by atoms with Crippen molar-refractivity contribution in [2.45, 2.75) is 6.92 Å². The number of carbonyl (C=O) groups is 3. The molecule has 0 saturated carbocycles. The van der Waals surface area contributed by atoms with Crippen LogP contribution in [-0.2, 0) is 4.79 Å². The van der Waals surface area contributed by atoms with Crippen LogP contribution in [0.5, 0.6) is 0 Å². The van der Waals surface area contributed by atoms with Gasteiger partial charge in [-0.05, 0) is 47.8 Å². The summed E-state index contributed by atoms with van der Waals surface area (Å²) in [5.74, 6) is -0.841. The molecular formula is C21H15ClN4O3S2. The van der Waals surface area contributed by atoms with E-state index in [2.05, 4.69) is 20.9 Å². The van der Waals surface area contributed by atoms with Gasteiger partial charge in [0.25, 0.3) is 11.8 Å². The van der Waals surface area contributed by atoms with E-state index >= 15 is 0 Å². The number of fused-ring (bicyclic) bond motifs is 1. The van der Waals surface area contributed by atoms with Crippen LogP contribution in [0, 0.1) is 0 Å². The fourth-order valence-electron chi connectivity index (χ4n) is 2.76. The zero-order chi connectivity index (χ0) is 22.0. The average Bonchev–Trinajstić information content (AvgIpc) is 3.38. The van der Waals surface area contributed by atoms with Gasteiger partial charge in [0, 0.05) is 18.2 Å². The molecule has 0 saturated heterocycles. The number of hydrogen-bond donors (Lipinski definition) is 3. The van der Waals surface area contributed by atoms with Gasteiger partial charge in [-0.3, -0.25) is 14.4 Å². The first-order valence-corrected chi connectivity index (χ1v) is 11.1. The predicted molar refractivity (Wildman–Crippen MR) is 126 cm³/mol. The number of nitrogens with one attached hydrogen (secondary N) is 3. The Kier molecular flexibility index (Phi) is 5.99. The zero-order valence-corrected chi connectivity index (χ0v) is 18.5. The monoisotopic (exact) mass is 470 g/mol. The summed E-state index contributed by atoms with van der Waals surface area (Å²) in [6.07, 6.45) is 0. The summed E-state index contributed by atoms with van der Waals surface area (Å²) in [4.78, 5) is 41.1. The number of benzene rings is 2. The van der Waals surface area contributed by atoms with Crippen molar-refractivity contribution in [3.63, 3.8) is 0 Å². The molecule has 2 aromatic carbocycles. The third-order valence-corrected chi connectivity index (χ3v) is 6.28. The highest BCUT2D eigenvalue weighted by atomic mass is 35.5. The molecule has 0 radical (unpaired) electrons. The zero-order valence-electron chi connectivity index (χ0n) is 16.1. The smallest absolute Gasteiger partial charge is 0.265 e. The van der Waals surface area contributed by atoms with Gasteiger partial charge in [0.1, 0.15) is 0 Å². The molecule has 0 fully saturated rings. The molecule has 31 heavy (non-hydrogen) atoms. The SMILES string of the molecule is CC(=O)Nc1nc2ccc(NC(=O)c3ccc(Cl)c(NC(=O)c4cccs4)c3)cc2s1. The highest BCUT2D eigenvalue weighted by Gasteiger charge is 2.14. The van der Waals surface area contributed by atoms with E-state index in [0.29, 0.717) is 32.0 Å². The van der Waals surface area contributed by atoms with Gasteiger partial charge in [0.2, 0.25) is 5.91 Å². The number of rotatable bonds is 5. The van der Waals surface area contributed by atoms with Crippen LogP contribution in [0.2, 0.25) is 5.02 Å². The van der Waals surface area contributed by atoms with Crippen LogP contribution in [-0.4, -0.2) is 22.7 Å². The second-order valence-corrected chi connectivity index (χ2v) is 8.85. The number of halogens is 1. The van der Waals surface area contributed by atoms with Crippen molar-refractivity contribution < 1.29 is 14.4 Å². The van der Waals surface area contributed by atoms with E-state index in [9.17, 15) is 14.4 Å². The molecule has 4 rings (SSSR count). The summed E-state index contributed by atoms with van der Waals surface area (Å²) >= 11 is 8.82. The topological polar surface area (TPSA) is 100 Å². The molecule has 3 amide bonds. The molecule has 0 aliphatic rings. The normalized spacial score (nSPS) is 10.6. The number of amides is 3. The number of anilines is 3. The number of carbonyl (C=O) groups excluding carboxylic acids is 3. The summed E-state index contributed by atoms with van der Waals surface area (Å²) in [6.45, 7) is 1.42. The van der Waals surface area contributed by atoms with Crippen molar-refractivity contribution in [1.82, 2.24) is 4.98 Å². The molecular weight excluding hydrogens is 456 g/mol. The first-order valence-electron chi connectivity index (χ1n) is 9.03. The van der Waals surface area contributed by atoms with Crippen molar-refractivity contribution in [2.75, 3.05) is 16.0 Å². The molecule has 3 N–H and O–H groups in total. The van der Waals surface area contributed by atoms with E-state index in [-0.39, 0.29) is 17.7 Å². The van der Waals surface area contributed by atoms with Gasteiger partial charge in [-0.25, -0.2) is 4.98 Å². The maximum atomic E-state index is 12.7. The van der Waals surface area contributed by atoms with E-state index in [1.807, 2.05) is 0 Å². The van der Waals surface area contributed by atoms with Crippen molar-refractivity contribution in [3.8, 4) is 0 Å². The maximum absolute atomic E-state index is 12.7. The lowest BCUT2D eigenvalue weighted by Crippen LogP contribution is -2.14. The maximum Gasteiger partial charge on any atom is 0.265 e. The van der Waals surface area contributed by atoms with Crippen LogP contribution in [0.1, 0.15) is 27.0 Å². The minimum atomic E-state index is -0.353. The first-order chi connectivity index (χ1) is 14.9. The van der Waals surface area contributed by atoms with Crippen molar-refractivity contribution in [3.05, 3.63) is 69.4 Å². The fourth-order valence-corrected chi connectivity index (χ4v) is 4.50. The predicted octanol–water partition coefficient (Wildman–Crippen LogP) is 5.47. The van der Waals surface area contributed by atoms with Crippen molar-refractivity contribution >= 4 is 78.7 Å². The van der Waals surface area contributed by atoms with Gasteiger partial charge < -0.3 is 16.0 Å². The lowest BCUT2D eigenvalue weighted by Gasteiger charge is -2.10. The Labute approximate surface area is 190 Å². The number of nitrogens with zero attached hydrogens (tertiary/aromatic N) is 1. The second kappa shape index (κ2) is 8.84. The fraction of sp³-hybridized carbons (Fsp3) is 0.0476. The Morgan fingerprint density at radius 3 is 2.55 bits per heavy atom. The van der Waals surface area contributed by atoms with E-state index in [4.69, 9.17) is 11.6 Å². The van der Waals surface area contributed by atoms with Crippen LogP contribution in [0.3, 0.4) is 0 Å². The van der Waals surface area contributed by atoms with Gasteiger partial charge in [-0.1, -0.05) is 29.0 Å². The van der Waals surface area contributed by atoms with Crippen LogP contribution >= 0.6 is 34.3 Å². The largest absolute Gasteiger partial charge is 0.322 e. The molecule has 2 aromatic heterocycles. The Morgan fingerprint density at radius 1 is 0.968 bits per heavy atom. The Balaban J connectivity index is 1.51. The molecule has 10 heteroatoms. The van der Waals surface area contributed by atoms with Gasteiger partial charge in [-0.2, -0.15) is 0 Å². The number of aromatic nitrogens is 1. The molecule has 0 atom stereocenters. The molecule has 0 bridgehead atoms. The Morgan fingerprint density at radius 2 is 1.81 bits per heavy atom. The van der Waals surface area contributed by atoms with Gasteiger partial charge in [0.05, 0.1) is 25.8 Å². The van der Waals surface area contributed by atoms with Crippen LogP contribution in [0.4, 0.5) is 16.5 Å². The van der Waals surface area contributed by atoms with Crippen molar-refractivity contribution in [1.29, 1.82) is 0 Å². The van der Waals surface area contributed by atoms with Crippen LogP contribution in [0.15, 0.2) is 53.9 Å². The summed E-state index contributed by atoms with van der Waals surface area (Å²) < 4.78 is 0.821. The van der Waals surface area contributed by atoms with Crippen LogP contribution < -0.4 is 16.0 Å². The first kappa shape index (κ1) is 21.0. The van der Waals surface area contributed by atoms with E-state index < -0.39 is 0 Å². The molecule has 0 unspecified atom stereocenters. The summed E-state index contributed by atoms with van der Waals surface area (Å²) in [6, 6.07) is 13.4. The Hall–Kier alpha value is -3.27. The number of hydrogen-bond acceptors (Lipinski definition) is 6. The summed E-state index contributed by atoms with van der Waals surface area (Å²) in [5, 5.41) is 10.8. The minimum absolute atomic E-state index is 0.197. The summed E-state index contributed by atoms with van der Waals surface area (Å²) in [5.41, 5.74) is 1.99. The average molecular weight is 471 g/mol. The number of thiazole rings is 1. The molecule has 0 aliphatic heterocycles. The quantitative estimate of drug-likeness (QED) is 0.360. The molecule has 4 aromatic rings. The summed E-state index contributed by atoms with van der Waals surface area (Å²) in [7, 11) is 0. The lowest BCUT2D eigenvalue weighted by molar-refractivity contribution is -0.114. The highest BCUT2D eigenvalue weighted by molar-refractivity contribution is 7.22. The van der Waals surface area contributed by atoms with Gasteiger partial charge >= 0.3 is 0 Å². The third kappa shape index (κ3) is 4.91. The molecule has 0 aliphatic carbocycles. The second-order valence-electron chi connectivity index (χ2n) is 6.46. The molecule has 0 spiro atoms. The standard InChI is InChI=1S/C21H15ClN4O3S2/c1-11(27)23-21-26-15-7-5-13(10-18(15)31-21)24-19(28)12-4-6-14(22)16(9-12)25-20(29)17-3-2-8-30-17/h2-10H,1H3,(H,24,28)(H,25,29)(H,23,26,27).